The smallest absolute Gasteiger partial charge is 0.185 e. The van der Waals surface area contributed by atoms with Gasteiger partial charge in [-0.1, -0.05) is 58.9 Å². The second-order valence-corrected chi connectivity index (χ2v) is 50.4. The van der Waals surface area contributed by atoms with E-state index in [1.54, 1.807) is 0 Å². The molecule has 0 rings (SSSR count). The first-order chi connectivity index (χ1) is 9.59. The van der Waals surface area contributed by atoms with Gasteiger partial charge < -0.3 is 16.6 Å². The van der Waals surface area contributed by atoms with Crippen LogP contribution in [0.5, 0.6) is 0 Å². The van der Waals surface area contributed by atoms with Crippen LogP contribution in [0.25, 0.3) is 0 Å². The SMILES string of the molecule is C[Si](C)(C)[Si](C(O)CCCN=C(N)N)([Si](C)(C)C)[Si](C)(C)C.Cl. The third kappa shape index (κ3) is 5.70. The molecule has 0 saturated carbocycles. The zero-order valence-electron chi connectivity index (χ0n) is 16.7. The summed E-state index contributed by atoms with van der Waals surface area (Å²) in [5.41, 5.74) is 10.7. The van der Waals surface area contributed by atoms with Crippen LogP contribution >= 0.6 is 12.4 Å². The third-order valence-corrected chi connectivity index (χ3v) is 78.2. The average molecular weight is 414 g/mol. The third-order valence-electron chi connectivity index (χ3n) is 4.98. The second kappa shape index (κ2) is 8.66. The van der Waals surface area contributed by atoms with Crippen molar-refractivity contribution < 1.29 is 5.11 Å². The number of hydrogen-bond donors (Lipinski definition) is 3. The molecule has 9 heteroatoms. The molecule has 0 aromatic heterocycles. The van der Waals surface area contributed by atoms with E-state index >= 15 is 0 Å². The van der Waals surface area contributed by atoms with Gasteiger partial charge in [0, 0.05) is 35.0 Å². The van der Waals surface area contributed by atoms with Crippen molar-refractivity contribution in [1.82, 2.24) is 0 Å². The summed E-state index contributed by atoms with van der Waals surface area (Å²) >= 11 is 0. The lowest BCUT2D eigenvalue weighted by atomic mass is 10.3. The standard InChI is InChI=1S/C14H39N3OSi4.ClH/c1-19(2,3)22(20(4,5)6,21(7,8)9)13(18)11-10-12-17-14(15)16;/h13,18H,10-12H2,1-9H3,(H4,15,16,17);1H. The summed E-state index contributed by atoms with van der Waals surface area (Å²) in [4.78, 5) is 4.08. The summed E-state index contributed by atoms with van der Waals surface area (Å²) in [5.74, 6) is 0.151. The Morgan fingerprint density at radius 3 is 1.48 bits per heavy atom. The van der Waals surface area contributed by atoms with Crippen molar-refractivity contribution in [1.29, 1.82) is 0 Å². The Morgan fingerprint density at radius 2 is 1.22 bits per heavy atom. The largest absolute Gasteiger partial charge is 0.397 e. The predicted octanol–water partition coefficient (Wildman–Crippen LogP) is 3.06. The predicted molar refractivity (Wildman–Crippen MR) is 119 cm³/mol. The number of guanidine groups is 1. The number of aliphatic hydroxyl groups excluding tert-OH is 1. The highest BCUT2D eigenvalue weighted by molar-refractivity contribution is 7.89. The van der Waals surface area contributed by atoms with Crippen molar-refractivity contribution in [3.8, 4) is 0 Å². The van der Waals surface area contributed by atoms with E-state index in [2.05, 4.69) is 63.9 Å². The van der Waals surface area contributed by atoms with E-state index < -0.39 is 29.4 Å². The lowest BCUT2D eigenvalue weighted by Crippen LogP contribution is -2.87. The summed E-state index contributed by atoms with van der Waals surface area (Å²) in [5, 5.41) is 11.4. The van der Waals surface area contributed by atoms with Crippen molar-refractivity contribution in [2.75, 3.05) is 6.54 Å². The minimum absolute atomic E-state index is 0. The quantitative estimate of drug-likeness (QED) is 0.247. The van der Waals surface area contributed by atoms with Crippen molar-refractivity contribution >= 4 is 47.8 Å². The zero-order chi connectivity index (χ0) is 18.0. The second-order valence-electron chi connectivity index (χ2n) is 9.52. The van der Waals surface area contributed by atoms with Crippen molar-refractivity contribution in [3.63, 3.8) is 0 Å². The van der Waals surface area contributed by atoms with Crippen LogP contribution in [0.2, 0.25) is 58.9 Å². The van der Waals surface area contributed by atoms with E-state index in [4.69, 9.17) is 11.5 Å². The topological polar surface area (TPSA) is 84.6 Å². The summed E-state index contributed by atoms with van der Waals surface area (Å²) in [6, 6.07) is 0. The van der Waals surface area contributed by atoms with E-state index in [-0.39, 0.29) is 24.1 Å². The van der Waals surface area contributed by atoms with E-state index in [1.807, 2.05) is 0 Å². The molecule has 23 heavy (non-hydrogen) atoms. The fraction of sp³-hybridized carbons (Fsp3) is 0.929. The van der Waals surface area contributed by atoms with Gasteiger partial charge in [-0.2, -0.15) is 0 Å². The molecule has 0 saturated heterocycles. The maximum Gasteiger partial charge on any atom is 0.185 e. The van der Waals surface area contributed by atoms with Gasteiger partial charge >= 0.3 is 0 Å². The highest BCUT2D eigenvalue weighted by atomic mass is 35.5. The van der Waals surface area contributed by atoms with Gasteiger partial charge in [0.15, 0.2) is 5.96 Å². The van der Waals surface area contributed by atoms with Crippen LogP contribution < -0.4 is 11.5 Å². The number of nitrogens with zero attached hydrogens (tertiary/aromatic N) is 1. The summed E-state index contributed by atoms with van der Waals surface area (Å²) < 4.78 is 0. The Balaban J connectivity index is 0. The van der Waals surface area contributed by atoms with Crippen LogP contribution in [0.15, 0.2) is 4.99 Å². The number of nitrogens with two attached hydrogens (primary N) is 2. The van der Waals surface area contributed by atoms with Gasteiger partial charge in [-0.15, -0.1) is 12.4 Å². The highest BCUT2D eigenvalue weighted by Gasteiger charge is 2.64. The van der Waals surface area contributed by atoms with E-state index in [0.717, 1.165) is 12.8 Å². The number of halogens is 1. The number of rotatable bonds is 8. The molecule has 0 radical (unpaired) electrons. The molecule has 4 nitrogen and oxygen atoms in total. The number of hydrogen-bond acceptors (Lipinski definition) is 2. The number of aliphatic hydroxyl groups is 1. The fourth-order valence-electron chi connectivity index (χ4n) is 5.58. The lowest BCUT2D eigenvalue weighted by molar-refractivity contribution is 0.236. The molecule has 0 aromatic rings. The van der Waals surface area contributed by atoms with Crippen LogP contribution in [0.3, 0.4) is 0 Å². The van der Waals surface area contributed by atoms with Crippen LogP contribution in [0.4, 0.5) is 0 Å². The van der Waals surface area contributed by atoms with E-state index in [9.17, 15) is 5.11 Å². The normalized spacial score (nSPS) is 14.9. The van der Waals surface area contributed by atoms with Crippen LogP contribution in [-0.2, 0) is 0 Å². The fourth-order valence-corrected chi connectivity index (χ4v) is 107. The van der Waals surface area contributed by atoms with Gasteiger partial charge in [0.2, 0.25) is 0 Å². The lowest BCUT2D eigenvalue weighted by Gasteiger charge is -2.59. The average Bonchev–Trinajstić information content (AvgIpc) is 2.17. The van der Waals surface area contributed by atoms with Crippen LogP contribution in [-0.4, -0.2) is 52.7 Å². The van der Waals surface area contributed by atoms with E-state index in [0.29, 0.717) is 6.54 Å². The maximum atomic E-state index is 11.4. The molecule has 0 aliphatic heterocycles. The Morgan fingerprint density at radius 1 is 0.870 bits per heavy atom. The molecule has 0 aliphatic rings. The Hall–Kier alpha value is 0.388. The summed E-state index contributed by atoms with van der Waals surface area (Å²) in [6.07, 6.45) is 1.75. The monoisotopic (exact) mass is 413 g/mol. The summed E-state index contributed by atoms with van der Waals surface area (Å²) in [6.45, 7) is 21.5. The Kier molecular flexibility index (Phi) is 9.65. The zero-order valence-corrected chi connectivity index (χ0v) is 21.5. The minimum Gasteiger partial charge on any atom is -0.397 e. The molecule has 0 heterocycles. The molecule has 0 aromatic carbocycles. The van der Waals surface area contributed by atoms with Crippen LogP contribution in [0, 0.1) is 0 Å². The van der Waals surface area contributed by atoms with Gasteiger partial charge in [0.25, 0.3) is 0 Å². The van der Waals surface area contributed by atoms with Gasteiger partial charge in [0.1, 0.15) is 0 Å². The van der Waals surface area contributed by atoms with Gasteiger partial charge in [0.05, 0.1) is 6.63 Å². The molecule has 0 aliphatic carbocycles. The van der Waals surface area contributed by atoms with Gasteiger partial charge in [-0.25, -0.2) is 0 Å². The molecule has 0 bridgehead atoms. The Labute approximate surface area is 153 Å². The van der Waals surface area contributed by atoms with Gasteiger partial charge in [-0.3, -0.25) is 4.99 Å². The molecule has 1 unspecified atom stereocenters. The molecule has 0 fully saturated rings. The molecular formula is C14H40ClN3OSi4. The first-order valence-corrected chi connectivity index (χ1v) is 23.9. The minimum atomic E-state index is -1.72. The number of aliphatic imine (C=N–C) groups is 1. The van der Waals surface area contributed by atoms with Crippen molar-refractivity contribution in [2.24, 2.45) is 16.5 Å². The Bertz CT molecular complexity index is 360. The molecular weight excluding hydrogens is 374 g/mol. The molecule has 5 N–H and O–H groups in total. The first kappa shape index (κ1) is 25.6. The van der Waals surface area contributed by atoms with E-state index in [1.165, 1.54) is 0 Å². The first-order valence-electron chi connectivity index (χ1n) is 8.32. The molecule has 0 amide bonds. The van der Waals surface area contributed by atoms with Crippen LogP contribution in [0.1, 0.15) is 12.8 Å². The van der Waals surface area contributed by atoms with Crippen molar-refractivity contribution in [2.45, 2.75) is 77.5 Å². The molecule has 0 spiro atoms. The molecule has 140 valence electrons. The highest BCUT2D eigenvalue weighted by Crippen LogP contribution is 2.40. The summed E-state index contributed by atoms with van der Waals surface area (Å²) in [7, 11) is -4.28. The maximum absolute atomic E-state index is 11.4. The van der Waals surface area contributed by atoms with Crippen molar-refractivity contribution in [3.05, 3.63) is 0 Å². The van der Waals surface area contributed by atoms with Gasteiger partial charge in [-0.05, 0) is 12.8 Å². The molecule has 1 atom stereocenters.